The van der Waals surface area contributed by atoms with E-state index in [0.717, 1.165) is 71.8 Å². The number of H-pyrrole nitrogens is 1. The number of imide groups is 1. The number of aromatic nitrogens is 1. The standard InChI is InChI=1S/C47H54FN7O6/c1-5-54(35-14-20-61-21-15-35)41-24-33(23-37(30(41)4)44(57)49-25-38-28(2)22-29(3)50-45(38)58)31-6-9-34(10-7-31)53-18-16-52(17-19-53)26-32-8-11-36-39(43(32)48)27-55(47(36)60)40-12-13-42(56)51-46(40)59/h6-11,22-24,35,40H,5,12-21,25-27H2,1-4H3,(H,49,57)(H,50,58)(H,51,56,59). The Kier molecular flexibility index (Phi) is 12.1. The molecule has 4 aliphatic rings. The van der Waals surface area contributed by atoms with Crippen LogP contribution < -0.4 is 26.0 Å². The van der Waals surface area contributed by atoms with Gasteiger partial charge in [0.1, 0.15) is 11.9 Å². The quantitative estimate of drug-likeness (QED) is 0.175. The van der Waals surface area contributed by atoms with E-state index in [2.05, 4.69) is 67.6 Å². The van der Waals surface area contributed by atoms with Crippen LogP contribution in [0.1, 0.15) is 86.8 Å². The molecular weight excluding hydrogens is 778 g/mol. The fraction of sp³-hybridized carbons (Fsp3) is 0.426. The predicted octanol–water partition coefficient (Wildman–Crippen LogP) is 5.12. The van der Waals surface area contributed by atoms with Crippen LogP contribution in [0.3, 0.4) is 0 Å². The number of carbonyl (C=O) groups is 4. The Labute approximate surface area is 355 Å². The number of carbonyl (C=O) groups excluding carboxylic acids is 4. The molecule has 320 valence electrons. The first-order chi connectivity index (χ1) is 29.4. The normalized spacial score (nSPS) is 18.6. The molecular formula is C47H54FN7O6. The molecule has 3 saturated heterocycles. The van der Waals surface area contributed by atoms with Gasteiger partial charge in [-0.25, -0.2) is 4.39 Å². The number of piperidine rings is 1. The van der Waals surface area contributed by atoms with Crippen molar-refractivity contribution in [1.82, 2.24) is 25.4 Å². The zero-order valence-electron chi connectivity index (χ0n) is 35.4. The van der Waals surface area contributed by atoms with Gasteiger partial charge in [0.05, 0.1) is 6.54 Å². The van der Waals surface area contributed by atoms with Crippen LogP contribution in [0.25, 0.3) is 11.1 Å². The number of halogens is 1. The van der Waals surface area contributed by atoms with Crippen molar-refractivity contribution in [3.05, 3.63) is 115 Å². The van der Waals surface area contributed by atoms with E-state index in [1.807, 2.05) is 32.9 Å². The number of benzene rings is 3. The fourth-order valence-electron chi connectivity index (χ4n) is 9.43. The maximum Gasteiger partial charge on any atom is 0.255 e. The van der Waals surface area contributed by atoms with Crippen molar-refractivity contribution in [1.29, 1.82) is 0 Å². The third-order valence-electron chi connectivity index (χ3n) is 12.9. The van der Waals surface area contributed by atoms with E-state index in [0.29, 0.717) is 55.1 Å². The minimum absolute atomic E-state index is 0.00507. The number of rotatable bonds is 11. The molecule has 5 heterocycles. The van der Waals surface area contributed by atoms with E-state index in [-0.39, 0.29) is 60.8 Å². The zero-order chi connectivity index (χ0) is 42.9. The number of nitrogens with one attached hydrogen (secondary N) is 3. The lowest BCUT2D eigenvalue weighted by molar-refractivity contribution is -0.136. The molecule has 0 saturated carbocycles. The Balaban J connectivity index is 0.959. The highest BCUT2D eigenvalue weighted by Gasteiger charge is 2.40. The molecule has 8 rings (SSSR count). The monoisotopic (exact) mass is 831 g/mol. The summed E-state index contributed by atoms with van der Waals surface area (Å²) in [5.41, 5.74) is 8.48. The zero-order valence-corrected chi connectivity index (χ0v) is 35.4. The van der Waals surface area contributed by atoms with Gasteiger partial charge in [-0.3, -0.25) is 34.2 Å². The molecule has 0 radical (unpaired) electrons. The smallest absolute Gasteiger partial charge is 0.255 e. The fourth-order valence-corrected chi connectivity index (χ4v) is 9.43. The summed E-state index contributed by atoms with van der Waals surface area (Å²) in [7, 11) is 0. The van der Waals surface area contributed by atoms with Crippen LogP contribution in [0.5, 0.6) is 0 Å². The number of hydrogen-bond donors (Lipinski definition) is 3. The lowest BCUT2D eigenvalue weighted by atomic mass is 9.95. The Morgan fingerprint density at radius 3 is 2.34 bits per heavy atom. The van der Waals surface area contributed by atoms with E-state index in [1.165, 1.54) is 4.90 Å². The molecule has 3 aromatic carbocycles. The SMILES string of the molecule is CCN(c1cc(-c2ccc(N3CCN(Cc4ccc5c(c4F)CN(C4CCC(=O)NC4=O)C5=O)CC3)cc2)cc(C(=O)NCc2c(C)cc(C)[nH]c2=O)c1C)C1CCOCC1. The third-order valence-corrected chi connectivity index (χ3v) is 12.9. The highest BCUT2D eigenvalue weighted by Crippen LogP contribution is 2.35. The summed E-state index contributed by atoms with van der Waals surface area (Å²) < 4.78 is 21.6. The van der Waals surface area contributed by atoms with Gasteiger partial charge >= 0.3 is 0 Å². The average Bonchev–Trinajstić information content (AvgIpc) is 3.59. The molecule has 1 aromatic heterocycles. The average molecular weight is 832 g/mol. The minimum Gasteiger partial charge on any atom is -0.381 e. The molecule has 1 atom stereocenters. The minimum atomic E-state index is -0.789. The van der Waals surface area contributed by atoms with Gasteiger partial charge in [-0.15, -0.1) is 0 Å². The van der Waals surface area contributed by atoms with Crippen molar-refractivity contribution in [3.8, 4) is 11.1 Å². The molecule has 14 heteroatoms. The van der Waals surface area contributed by atoms with E-state index in [4.69, 9.17) is 4.74 Å². The summed E-state index contributed by atoms with van der Waals surface area (Å²) in [5.74, 6) is -1.91. The lowest BCUT2D eigenvalue weighted by Crippen LogP contribution is -2.52. The summed E-state index contributed by atoms with van der Waals surface area (Å²) in [4.78, 5) is 75.2. The Hall–Kier alpha value is -5.86. The molecule has 0 spiro atoms. The van der Waals surface area contributed by atoms with Crippen LogP contribution in [0.15, 0.2) is 59.4 Å². The second kappa shape index (κ2) is 17.6. The number of nitrogens with zero attached hydrogens (tertiary/aromatic N) is 4. The third kappa shape index (κ3) is 8.56. The van der Waals surface area contributed by atoms with Gasteiger partial charge < -0.3 is 29.7 Å². The molecule has 0 aliphatic carbocycles. The summed E-state index contributed by atoms with van der Waals surface area (Å²) in [6.07, 6.45) is 2.19. The predicted molar refractivity (Wildman–Crippen MR) is 231 cm³/mol. The van der Waals surface area contributed by atoms with Crippen LogP contribution in [-0.4, -0.2) is 96.4 Å². The van der Waals surface area contributed by atoms with Crippen molar-refractivity contribution in [2.24, 2.45) is 0 Å². The number of anilines is 2. The van der Waals surface area contributed by atoms with Gasteiger partial charge in [0, 0.05) is 116 Å². The molecule has 1 unspecified atom stereocenters. The van der Waals surface area contributed by atoms with Gasteiger partial charge in [-0.2, -0.15) is 0 Å². The number of pyridine rings is 1. The lowest BCUT2D eigenvalue weighted by Gasteiger charge is -2.37. The molecule has 3 fully saturated rings. The van der Waals surface area contributed by atoms with Crippen LogP contribution >= 0.6 is 0 Å². The Morgan fingerprint density at radius 2 is 1.66 bits per heavy atom. The molecule has 61 heavy (non-hydrogen) atoms. The summed E-state index contributed by atoms with van der Waals surface area (Å²) in [5, 5.41) is 5.33. The highest BCUT2D eigenvalue weighted by atomic mass is 19.1. The Morgan fingerprint density at radius 1 is 0.918 bits per heavy atom. The highest BCUT2D eigenvalue weighted by molar-refractivity contribution is 6.05. The topological polar surface area (TPSA) is 147 Å². The van der Waals surface area contributed by atoms with E-state index < -0.39 is 17.8 Å². The number of aryl methyl sites for hydroxylation is 2. The number of amides is 4. The van der Waals surface area contributed by atoms with Gasteiger partial charge in [0.25, 0.3) is 17.4 Å². The largest absolute Gasteiger partial charge is 0.381 e. The van der Waals surface area contributed by atoms with Crippen LogP contribution in [0.2, 0.25) is 0 Å². The summed E-state index contributed by atoms with van der Waals surface area (Å²) >= 11 is 0. The first-order valence-electron chi connectivity index (χ1n) is 21.4. The van der Waals surface area contributed by atoms with E-state index in [1.54, 1.807) is 12.1 Å². The molecule has 4 aliphatic heterocycles. The second-order valence-electron chi connectivity index (χ2n) is 16.7. The molecule has 4 amide bonds. The molecule has 0 bridgehead atoms. The maximum atomic E-state index is 15.9. The maximum absolute atomic E-state index is 15.9. The first kappa shape index (κ1) is 41.9. The summed E-state index contributed by atoms with van der Waals surface area (Å²) in [6, 6.07) is 17.3. The van der Waals surface area contributed by atoms with Crippen molar-refractivity contribution >= 4 is 35.0 Å². The number of ether oxygens (including phenoxy) is 1. The van der Waals surface area contributed by atoms with Gasteiger partial charge in [-0.05, 0) is 106 Å². The Bertz CT molecular complexity index is 2420. The van der Waals surface area contributed by atoms with Gasteiger partial charge in [0.2, 0.25) is 11.8 Å². The molecule has 4 aromatic rings. The number of fused-ring (bicyclic) bond motifs is 1. The van der Waals surface area contributed by atoms with Crippen molar-refractivity contribution < 1.29 is 28.3 Å². The van der Waals surface area contributed by atoms with E-state index >= 15 is 4.39 Å². The summed E-state index contributed by atoms with van der Waals surface area (Å²) in [6.45, 7) is 13.5. The van der Waals surface area contributed by atoms with Crippen molar-refractivity contribution in [2.45, 2.75) is 85.1 Å². The van der Waals surface area contributed by atoms with Crippen LogP contribution in [-0.2, 0) is 34.0 Å². The second-order valence-corrected chi connectivity index (χ2v) is 16.7. The van der Waals surface area contributed by atoms with Crippen LogP contribution in [0.4, 0.5) is 15.8 Å². The van der Waals surface area contributed by atoms with Gasteiger partial charge in [0.15, 0.2) is 0 Å². The van der Waals surface area contributed by atoms with Crippen LogP contribution in [0, 0.1) is 26.6 Å². The van der Waals surface area contributed by atoms with Gasteiger partial charge in [-0.1, -0.05) is 18.2 Å². The number of aromatic amines is 1. The van der Waals surface area contributed by atoms with E-state index in [9.17, 15) is 24.0 Å². The molecule has 13 nitrogen and oxygen atoms in total. The number of hydrogen-bond acceptors (Lipinski definition) is 9. The first-order valence-corrected chi connectivity index (χ1v) is 21.4. The number of piperazine rings is 1. The van der Waals surface area contributed by atoms with Crippen molar-refractivity contribution in [3.63, 3.8) is 0 Å². The molecule has 3 N–H and O–H groups in total. The van der Waals surface area contributed by atoms with Crippen molar-refractivity contribution in [2.75, 3.05) is 55.7 Å².